The zero-order valence-electron chi connectivity index (χ0n) is 19.5. The van der Waals surface area contributed by atoms with Gasteiger partial charge in [-0.05, 0) is 48.0 Å². The molecule has 0 saturated carbocycles. The first-order chi connectivity index (χ1) is 16.5. The van der Waals surface area contributed by atoms with Crippen LogP contribution in [0.1, 0.15) is 41.5 Å². The molecule has 0 saturated heterocycles. The summed E-state index contributed by atoms with van der Waals surface area (Å²) in [5.41, 5.74) is 1.64. The number of benzene rings is 3. The van der Waals surface area contributed by atoms with E-state index in [1.807, 2.05) is 0 Å². The second-order valence-electron chi connectivity index (χ2n) is 9.10. The number of amides is 1. The number of fused-ring (bicyclic) bond motifs is 2. The molecule has 1 amide bonds. The van der Waals surface area contributed by atoms with Crippen molar-refractivity contribution in [3.05, 3.63) is 75.9 Å². The van der Waals surface area contributed by atoms with Gasteiger partial charge in [0.25, 0.3) is 5.91 Å². The number of carbonyl (C=O) groups is 2. The molecule has 180 valence electrons. The number of phenolic OH excluding ortho intramolecular Hbond substituents is 1. The summed E-state index contributed by atoms with van der Waals surface area (Å²) in [5.74, 6) is -0.520. The first kappa shape index (κ1) is 24.3. The van der Waals surface area contributed by atoms with E-state index < -0.39 is 5.97 Å². The lowest BCUT2D eigenvalue weighted by molar-refractivity contribution is 0.0697. The fourth-order valence-corrected chi connectivity index (χ4v) is 4.67. The SMILES string of the molecule is CC(C)(C)SCCNC(=O)c1ccc(C(=O)O)c(-c2c3ccc(=O)cc-3oc3cc(O)ccc23)c1. The Morgan fingerprint density at radius 1 is 1.00 bits per heavy atom. The minimum Gasteiger partial charge on any atom is -0.508 e. The van der Waals surface area contributed by atoms with Gasteiger partial charge in [-0.2, -0.15) is 11.8 Å². The molecule has 0 radical (unpaired) electrons. The topological polar surface area (TPSA) is 117 Å². The zero-order valence-corrected chi connectivity index (χ0v) is 20.4. The molecule has 35 heavy (non-hydrogen) atoms. The molecule has 1 aliphatic carbocycles. The van der Waals surface area contributed by atoms with Crippen molar-refractivity contribution in [1.82, 2.24) is 5.32 Å². The van der Waals surface area contributed by atoms with E-state index in [9.17, 15) is 24.6 Å². The van der Waals surface area contributed by atoms with E-state index in [-0.39, 0.29) is 38.7 Å². The van der Waals surface area contributed by atoms with Crippen LogP contribution in [0.2, 0.25) is 0 Å². The molecule has 1 aliphatic heterocycles. The molecule has 0 fully saturated rings. The minimum atomic E-state index is -1.16. The zero-order chi connectivity index (χ0) is 25.3. The van der Waals surface area contributed by atoms with Crippen LogP contribution in [0.25, 0.3) is 33.4 Å². The van der Waals surface area contributed by atoms with Crippen LogP contribution in [0.5, 0.6) is 5.75 Å². The fourth-order valence-electron chi connectivity index (χ4n) is 3.85. The third-order valence-electron chi connectivity index (χ3n) is 5.38. The van der Waals surface area contributed by atoms with Gasteiger partial charge in [-0.15, -0.1) is 0 Å². The molecule has 0 spiro atoms. The summed E-state index contributed by atoms with van der Waals surface area (Å²) in [4.78, 5) is 37.0. The second-order valence-corrected chi connectivity index (χ2v) is 11.0. The van der Waals surface area contributed by atoms with E-state index in [0.29, 0.717) is 34.2 Å². The number of carboxylic acid groups (broad SMARTS) is 1. The van der Waals surface area contributed by atoms with Crippen LogP contribution in [0.15, 0.2) is 63.8 Å². The largest absolute Gasteiger partial charge is 0.508 e. The van der Waals surface area contributed by atoms with E-state index in [2.05, 4.69) is 26.1 Å². The molecule has 3 N–H and O–H groups in total. The molecule has 0 bridgehead atoms. The van der Waals surface area contributed by atoms with Crippen molar-refractivity contribution in [2.75, 3.05) is 12.3 Å². The van der Waals surface area contributed by atoms with Crippen molar-refractivity contribution in [2.45, 2.75) is 25.5 Å². The van der Waals surface area contributed by atoms with Gasteiger partial charge in [0, 0.05) is 51.3 Å². The van der Waals surface area contributed by atoms with Gasteiger partial charge < -0.3 is 19.9 Å². The van der Waals surface area contributed by atoms with E-state index >= 15 is 0 Å². The van der Waals surface area contributed by atoms with Gasteiger partial charge in [0.15, 0.2) is 5.43 Å². The van der Waals surface area contributed by atoms with Gasteiger partial charge in [-0.25, -0.2) is 4.79 Å². The van der Waals surface area contributed by atoms with Gasteiger partial charge in [0.1, 0.15) is 17.1 Å². The van der Waals surface area contributed by atoms with Crippen LogP contribution in [0.4, 0.5) is 0 Å². The molecule has 0 aromatic heterocycles. The fraction of sp³-hybridized carbons (Fsp3) is 0.222. The number of carboxylic acids is 1. The average molecular weight is 492 g/mol. The maximum Gasteiger partial charge on any atom is 0.336 e. The van der Waals surface area contributed by atoms with Gasteiger partial charge in [-0.1, -0.05) is 20.8 Å². The highest BCUT2D eigenvalue weighted by Gasteiger charge is 2.23. The monoisotopic (exact) mass is 491 g/mol. The third kappa shape index (κ3) is 5.33. The number of carbonyl (C=O) groups excluding carboxylic acids is 1. The van der Waals surface area contributed by atoms with Crippen LogP contribution in [0.3, 0.4) is 0 Å². The highest BCUT2D eigenvalue weighted by atomic mass is 32.2. The summed E-state index contributed by atoms with van der Waals surface area (Å²) in [7, 11) is 0. The van der Waals surface area contributed by atoms with Crippen LogP contribution in [-0.4, -0.2) is 39.1 Å². The number of hydrogen-bond donors (Lipinski definition) is 3. The predicted molar refractivity (Wildman–Crippen MR) is 138 cm³/mol. The molecule has 4 rings (SSSR count). The Bertz CT molecular complexity index is 1470. The molecule has 7 nitrogen and oxygen atoms in total. The lowest BCUT2D eigenvalue weighted by Gasteiger charge is -2.18. The highest BCUT2D eigenvalue weighted by Crippen LogP contribution is 2.42. The summed E-state index contributed by atoms with van der Waals surface area (Å²) >= 11 is 1.73. The second kappa shape index (κ2) is 9.46. The Hall–Kier alpha value is -3.78. The number of hydrogen-bond acceptors (Lipinski definition) is 6. The van der Waals surface area contributed by atoms with Crippen molar-refractivity contribution in [3.8, 4) is 28.2 Å². The molecule has 0 unspecified atom stereocenters. The Morgan fingerprint density at radius 3 is 2.49 bits per heavy atom. The maximum atomic E-state index is 12.9. The van der Waals surface area contributed by atoms with Gasteiger partial charge >= 0.3 is 5.97 Å². The Labute approximate surface area is 206 Å². The smallest absolute Gasteiger partial charge is 0.336 e. The summed E-state index contributed by atoms with van der Waals surface area (Å²) in [6.07, 6.45) is 0. The highest BCUT2D eigenvalue weighted by molar-refractivity contribution is 8.00. The molecule has 2 aliphatic rings. The molecule has 0 atom stereocenters. The van der Waals surface area contributed by atoms with Crippen LogP contribution in [0, 0.1) is 0 Å². The van der Waals surface area contributed by atoms with E-state index in [1.54, 1.807) is 30.0 Å². The third-order valence-corrected chi connectivity index (χ3v) is 6.66. The van der Waals surface area contributed by atoms with E-state index in [1.165, 1.54) is 36.4 Å². The molecule has 2 aromatic rings. The minimum absolute atomic E-state index is 0.00193. The Kier molecular flexibility index (Phi) is 6.58. The maximum absolute atomic E-state index is 12.9. The molecule has 1 heterocycles. The number of phenols is 1. The molecule has 2 aromatic carbocycles. The lowest BCUT2D eigenvalue weighted by atomic mass is 9.89. The number of rotatable bonds is 6. The molecular formula is C27H25NO6S. The summed E-state index contributed by atoms with van der Waals surface area (Å²) in [5, 5.41) is 23.3. The summed E-state index contributed by atoms with van der Waals surface area (Å²) in [6.45, 7) is 6.78. The number of nitrogens with one attached hydrogen (secondary N) is 1. The number of thioether (sulfide) groups is 1. The lowest BCUT2D eigenvalue weighted by Crippen LogP contribution is -2.27. The molecule has 8 heteroatoms. The van der Waals surface area contributed by atoms with Crippen LogP contribution >= 0.6 is 11.8 Å². The quantitative estimate of drug-likeness (QED) is 0.250. The van der Waals surface area contributed by atoms with Crippen molar-refractivity contribution in [3.63, 3.8) is 0 Å². The standard InChI is InChI=1S/C27H25NO6S/c1-27(2,3)35-11-10-28-25(31)15-4-7-18(26(32)33)21(12-15)24-19-8-5-16(29)13-22(19)34-23-14-17(30)6-9-20(23)24/h4-9,12-14,29H,10-11H2,1-3H3,(H,28,31)(H,32,33). The van der Waals surface area contributed by atoms with Crippen LogP contribution < -0.4 is 10.7 Å². The van der Waals surface area contributed by atoms with Crippen molar-refractivity contribution >= 4 is 34.6 Å². The first-order valence-electron chi connectivity index (χ1n) is 11.0. The Balaban J connectivity index is 1.85. The van der Waals surface area contributed by atoms with Crippen molar-refractivity contribution < 1.29 is 24.2 Å². The summed E-state index contributed by atoms with van der Waals surface area (Å²) in [6, 6.07) is 13.2. The van der Waals surface area contributed by atoms with Gasteiger partial charge in [-0.3, -0.25) is 9.59 Å². The van der Waals surface area contributed by atoms with Gasteiger partial charge in [0.05, 0.1) is 5.56 Å². The number of aromatic hydroxyl groups is 1. The molecular weight excluding hydrogens is 466 g/mol. The van der Waals surface area contributed by atoms with Crippen molar-refractivity contribution in [1.29, 1.82) is 0 Å². The van der Waals surface area contributed by atoms with Gasteiger partial charge in [0.2, 0.25) is 0 Å². The average Bonchev–Trinajstić information content (AvgIpc) is 2.78. The van der Waals surface area contributed by atoms with Crippen LogP contribution in [-0.2, 0) is 0 Å². The van der Waals surface area contributed by atoms with E-state index in [0.717, 1.165) is 5.75 Å². The Morgan fingerprint density at radius 2 is 1.77 bits per heavy atom. The van der Waals surface area contributed by atoms with Crippen molar-refractivity contribution in [2.24, 2.45) is 0 Å². The predicted octanol–water partition coefficient (Wildman–Crippen LogP) is 5.23. The normalized spacial score (nSPS) is 11.6. The first-order valence-corrected chi connectivity index (χ1v) is 12.0. The number of aromatic carboxylic acids is 1. The van der Waals surface area contributed by atoms with E-state index in [4.69, 9.17) is 4.42 Å². The summed E-state index contributed by atoms with van der Waals surface area (Å²) < 4.78 is 5.94.